The smallest absolute Gasteiger partial charge is 0.322 e. The highest BCUT2D eigenvalue weighted by Crippen LogP contribution is 2.20. The summed E-state index contributed by atoms with van der Waals surface area (Å²) in [4.78, 5) is 16.9. The zero-order valence-electron chi connectivity index (χ0n) is 11.6. The average Bonchev–Trinajstić information content (AvgIpc) is 2.46. The van der Waals surface area contributed by atoms with Gasteiger partial charge in [-0.1, -0.05) is 0 Å². The number of hydrogen-bond acceptors (Lipinski definition) is 8. The minimum Gasteiger partial charge on any atom is -0.467 e. The van der Waals surface area contributed by atoms with Crippen LogP contribution in [0, 0.1) is 0 Å². The van der Waals surface area contributed by atoms with E-state index in [9.17, 15) is 0 Å². The van der Waals surface area contributed by atoms with E-state index >= 15 is 0 Å². The topological polar surface area (TPSA) is 92.4 Å². The van der Waals surface area contributed by atoms with E-state index < -0.39 is 0 Å². The average molecular weight is 267 g/mol. The first-order valence-corrected chi connectivity index (χ1v) is 6.32. The van der Waals surface area contributed by atoms with E-state index in [0.29, 0.717) is 17.9 Å². The van der Waals surface area contributed by atoms with Gasteiger partial charge < -0.3 is 14.5 Å². The van der Waals surface area contributed by atoms with Crippen LogP contribution < -0.4 is 20.9 Å². The van der Waals surface area contributed by atoms with E-state index in [1.807, 2.05) is 0 Å². The first kappa shape index (κ1) is 13.8. The van der Waals surface area contributed by atoms with E-state index in [4.69, 9.17) is 10.6 Å². The highest BCUT2D eigenvalue weighted by molar-refractivity contribution is 5.38. The Morgan fingerprint density at radius 2 is 1.95 bits per heavy atom. The number of anilines is 2. The number of nitrogens with two attached hydrogens (primary N) is 1. The number of nitrogens with zero attached hydrogens (tertiary/aromatic N) is 5. The molecule has 1 aromatic rings. The van der Waals surface area contributed by atoms with Crippen LogP contribution in [0.15, 0.2) is 0 Å². The second-order valence-electron chi connectivity index (χ2n) is 4.77. The second kappa shape index (κ2) is 5.98. The predicted octanol–water partition coefficient (Wildman–Crippen LogP) is -0.304. The lowest BCUT2D eigenvalue weighted by Crippen LogP contribution is -2.42. The molecule has 0 bridgehead atoms. The van der Waals surface area contributed by atoms with Gasteiger partial charge >= 0.3 is 6.01 Å². The second-order valence-corrected chi connectivity index (χ2v) is 4.77. The molecular weight excluding hydrogens is 246 g/mol. The standard InChI is InChI=1S/C11H21N7O/c1-17(2)8-4-6-18(7-5-8)10-13-9(16-12)14-11(15-10)19-3/h8H,4-7,12H2,1-3H3,(H,13,14,15,16). The Labute approximate surface area is 112 Å². The van der Waals surface area contributed by atoms with Crippen LogP contribution in [0.5, 0.6) is 6.01 Å². The SMILES string of the molecule is COc1nc(NN)nc(N2CCC(N(C)C)CC2)n1. The van der Waals surface area contributed by atoms with Crippen LogP contribution >= 0.6 is 0 Å². The van der Waals surface area contributed by atoms with Crippen LogP contribution in [0.25, 0.3) is 0 Å². The summed E-state index contributed by atoms with van der Waals surface area (Å²) in [7, 11) is 5.75. The van der Waals surface area contributed by atoms with Crippen LogP contribution in [0.1, 0.15) is 12.8 Å². The van der Waals surface area contributed by atoms with Crippen LogP contribution in [-0.4, -0.2) is 60.2 Å². The van der Waals surface area contributed by atoms with Crippen molar-refractivity contribution >= 4 is 11.9 Å². The molecule has 0 aromatic carbocycles. The van der Waals surface area contributed by atoms with Crippen LogP contribution in [0.4, 0.5) is 11.9 Å². The maximum absolute atomic E-state index is 5.35. The highest BCUT2D eigenvalue weighted by atomic mass is 16.5. The number of ether oxygens (including phenoxy) is 1. The highest BCUT2D eigenvalue weighted by Gasteiger charge is 2.23. The van der Waals surface area contributed by atoms with Gasteiger partial charge in [0, 0.05) is 19.1 Å². The Kier molecular flexibility index (Phi) is 4.33. The van der Waals surface area contributed by atoms with Gasteiger partial charge in [0.25, 0.3) is 0 Å². The molecular formula is C11H21N7O. The first-order valence-electron chi connectivity index (χ1n) is 6.32. The largest absolute Gasteiger partial charge is 0.467 e. The number of aromatic nitrogens is 3. The molecule has 2 rings (SSSR count). The van der Waals surface area contributed by atoms with Gasteiger partial charge in [0.2, 0.25) is 11.9 Å². The molecule has 0 atom stereocenters. The third-order valence-electron chi connectivity index (χ3n) is 3.39. The molecule has 0 radical (unpaired) electrons. The van der Waals surface area contributed by atoms with Crippen LogP contribution in [0.3, 0.4) is 0 Å². The van der Waals surface area contributed by atoms with Gasteiger partial charge in [0.05, 0.1) is 7.11 Å². The quantitative estimate of drug-likeness (QED) is 0.567. The lowest BCUT2D eigenvalue weighted by molar-refractivity contribution is 0.248. The Balaban J connectivity index is 2.10. The van der Waals surface area contributed by atoms with Crippen molar-refractivity contribution in [3.63, 3.8) is 0 Å². The van der Waals surface area contributed by atoms with E-state index in [2.05, 4.69) is 44.3 Å². The molecule has 8 nitrogen and oxygen atoms in total. The number of piperidine rings is 1. The third kappa shape index (κ3) is 3.21. The number of nitrogen functional groups attached to an aromatic ring is 1. The van der Waals surface area contributed by atoms with Crippen molar-refractivity contribution in [3.05, 3.63) is 0 Å². The van der Waals surface area contributed by atoms with Gasteiger partial charge in [0.1, 0.15) is 0 Å². The molecule has 106 valence electrons. The fourth-order valence-electron chi connectivity index (χ4n) is 2.23. The maximum atomic E-state index is 5.35. The van der Waals surface area contributed by atoms with Crippen LogP contribution in [-0.2, 0) is 0 Å². The zero-order valence-corrected chi connectivity index (χ0v) is 11.6. The molecule has 1 aliphatic heterocycles. The molecule has 0 unspecified atom stereocenters. The van der Waals surface area contributed by atoms with E-state index in [1.165, 1.54) is 7.11 Å². The molecule has 2 heterocycles. The van der Waals surface area contributed by atoms with Crippen molar-refractivity contribution in [1.82, 2.24) is 19.9 Å². The van der Waals surface area contributed by atoms with Crippen molar-refractivity contribution in [2.75, 3.05) is 44.6 Å². The Hall–Kier alpha value is -1.67. The molecule has 0 saturated carbocycles. The van der Waals surface area contributed by atoms with Gasteiger partial charge in [-0.2, -0.15) is 15.0 Å². The minimum atomic E-state index is 0.271. The molecule has 3 N–H and O–H groups in total. The van der Waals surface area contributed by atoms with Gasteiger partial charge in [-0.3, -0.25) is 5.43 Å². The molecule has 1 fully saturated rings. The summed E-state index contributed by atoms with van der Waals surface area (Å²) in [6.45, 7) is 1.83. The van der Waals surface area contributed by atoms with E-state index in [0.717, 1.165) is 25.9 Å². The van der Waals surface area contributed by atoms with Crippen LogP contribution in [0.2, 0.25) is 0 Å². The van der Waals surface area contributed by atoms with E-state index in [-0.39, 0.29) is 6.01 Å². The van der Waals surface area contributed by atoms with Gasteiger partial charge in [-0.05, 0) is 26.9 Å². The first-order chi connectivity index (χ1) is 9.13. The molecule has 8 heteroatoms. The molecule has 0 spiro atoms. The number of hydrogen-bond donors (Lipinski definition) is 2. The summed E-state index contributed by atoms with van der Waals surface area (Å²) < 4.78 is 5.05. The summed E-state index contributed by atoms with van der Waals surface area (Å²) in [6.07, 6.45) is 2.18. The zero-order chi connectivity index (χ0) is 13.8. The molecule has 19 heavy (non-hydrogen) atoms. The molecule has 1 aliphatic rings. The number of rotatable bonds is 4. The summed E-state index contributed by atoms with van der Waals surface area (Å²) in [5, 5.41) is 0. The summed E-state index contributed by atoms with van der Waals surface area (Å²) in [6, 6.07) is 0.889. The number of nitrogens with one attached hydrogen (secondary N) is 1. The fourth-order valence-corrected chi connectivity index (χ4v) is 2.23. The number of methoxy groups -OCH3 is 1. The summed E-state index contributed by atoms with van der Waals surface area (Å²) >= 11 is 0. The van der Waals surface area contributed by atoms with Gasteiger partial charge in [-0.25, -0.2) is 5.84 Å². The van der Waals surface area contributed by atoms with E-state index in [1.54, 1.807) is 0 Å². The van der Waals surface area contributed by atoms with Crippen molar-refractivity contribution < 1.29 is 4.74 Å². The lowest BCUT2D eigenvalue weighted by atomic mass is 10.0. The lowest BCUT2D eigenvalue weighted by Gasteiger charge is -2.35. The van der Waals surface area contributed by atoms with Crippen molar-refractivity contribution in [3.8, 4) is 6.01 Å². The predicted molar refractivity (Wildman–Crippen MR) is 73.1 cm³/mol. The molecule has 0 aliphatic carbocycles. The van der Waals surface area contributed by atoms with Crippen molar-refractivity contribution in [2.24, 2.45) is 5.84 Å². The maximum Gasteiger partial charge on any atom is 0.322 e. The fraction of sp³-hybridized carbons (Fsp3) is 0.727. The molecule has 1 aromatic heterocycles. The Bertz CT molecular complexity index is 395. The Morgan fingerprint density at radius 3 is 2.47 bits per heavy atom. The minimum absolute atomic E-state index is 0.271. The van der Waals surface area contributed by atoms with Gasteiger partial charge in [-0.15, -0.1) is 0 Å². The number of hydrazine groups is 1. The van der Waals surface area contributed by atoms with Gasteiger partial charge in [0.15, 0.2) is 0 Å². The normalized spacial score (nSPS) is 16.8. The molecule has 1 saturated heterocycles. The molecule has 0 amide bonds. The summed E-state index contributed by atoms with van der Waals surface area (Å²) in [5.74, 6) is 6.27. The third-order valence-corrected chi connectivity index (χ3v) is 3.39. The Morgan fingerprint density at radius 1 is 1.26 bits per heavy atom. The van der Waals surface area contributed by atoms with Crippen molar-refractivity contribution in [1.29, 1.82) is 0 Å². The monoisotopic (exact) mass is 267 g/mol. The van der Waals surface area contributed by atoms with Crippen molar-refractivity contribution in [2.45, 2.75) is 18.9 Å². The summed E-state index contributed by atoms with van der Waals surface area (Å²) in [5.41, 5.74) is 2.43.